The van der Waals surface area contributed by atoms with Crippen LogP contribution < -0.4 is 37.8 Å². The zero-order valence-corrected chi connectivity index (χ0v) is 37.0. The predicted molar refractivity (Wildman–Crippen MR) is 232 cm³/mol. The molecule has 0 aliphatic carbocycles. The number of hydrogen-bond donors (Lipinski definition) is 1. The van der Waals surface area contributed by atoms with Crippen LogP contribution in [0.3, 0.4) is 0 Å². The molecule has 0 aliphatic rings. The van der Waals surface area contributed by atoms with Crippen molar-refractivity contribution in [3.63, 3.8) is 0 Å². The molecule has 0 bridgehead atoms. The lowest BCUT2D eigenvalue weighted by Crippen LogP contribution is -2.81. The fourth-order valence-electron chi connectivity index (χ4n) is 8.52. The maximum absolute atomic E-state index is 15.4. The summed E-state index contributed by atoms with van der Waals surface area (Å²) in [6.07, 6.45) is -6.22. The molecular formula is C49H22BF20PS. The molecule has 72 heavy (non-hydrogen) atoms. The SMILES string of the molecule is Fc1c(F)c(F)c([B-](c2c(F)c(F)c(F)c(F)c2F)(c2c(F)c(F)c(F)c(F)c2F)c2c(F)c(F)c(F)c(F)c2F)c(F)c1F.Sc1ccc(C[P+](c2ccccc2)(c2ccccc2)c2ccccc2)cc1. The quantitative estimate of drug-likeness (QED) is 0.0365. The largest absolute Gasteiger partial charge is 0.207 e. The molecule has 0 atom stereocenters. The topological polar surface area (TPSA) is 0 Å². The summed E-state index contributed by atoms with van der Waals surface area (Å²) in [6, 6.07) is 41.6. The predicted octanol–water partition coefficient (Wildman–Crippen LogP) is 11.3. The highest BCUT2D eigenvalue weighted by molar-refractivity contribution is 7.95. The van der Waals surface area contributed by atoms with Crippen LogP contribution in [0.4, 0.5) is 87.8 Å². The van der Waals surface area contributed by atoms with Crippen LogP contribution in [0.25, 0.3) is 0 Å². The average molecular weight is 1060 g/mol. The van der Waals surface area contributed by atoms with Crippen molar-refractivity contribution in [1.29, 1.82) is 0 Å². The lowest BCUT2D eigenvalue weighted by Gasteiger charge is -2.44. The summed E-state index contributed by atoms with van der Waals surface area (Å²) in [7, 11) is -1.82. The van der Waals surface area contributed by atoms with Gasteiger partial charge in [-0.05, 0) is 54.1 Å². The van der Waals surface area contributed by atoms with Crippen molar-refractivity contribution in [2.75, 3.05) is 0 Å². The second-order valence-corrected chi connectivity index (χ2v) is 19.4. The van der Waals surface area contributed by atoms with E-state index < -0.39 is 152 Å². The first-order valence-corrected chi connectivity index (χ1v) is 22.5. The first kappa shape index (κ1) is 53.0. The van der Waals surface area contributed by atoms with Crippen LogP contribution in [-0.4, -0.2) is 6.15 Å². The van der Waals surface area contributed by atoms with E-state index in [1.807, 2.05) is 0 Å². The minimum absolute atomic E-state index is 0.999. The number of thiol groups is 1. The van der Waals surface area contributed by atoms with Crippen molar-refractivity contribution in [2.45, 2.75) is 11.1 Å². The van der Waals surface area contributed by atoms with Gasteiger partial charge in [-0.2, -0.15) is 0 Å². The molecule has 23 heteroatoms. The van der Waals surface area contributed by atoms with Gasteiger partial charge < -0.3 is 0 Å². The van der Waals surface area contributed by atoms with Crippen LogP contribution in [0.2, 0.25) is 0 Å². The molecule has 0 aliphatic heterocycles. The van der Waals surface area contributed by atoms with Crippen LogP contribution in [0.15, 0.2) is 120 Å². The lowest BCUT2D eigenvalue weighted by molar-refractivity contribution is 0.378. The van der Waals surface area contributed by atoms with Gasteiger partial charge in [0.25, 0.3) is 0 Å². The van der Waals surface area contributed by atoms with Crippen LogP contribution in [-0.2, 0) is 6.16 Å². The molecule has 0 unspecified atom stereocenters. The van der Waals surface area contributed by atoms with Gasteiger partial charge in [0, 0.05) is 4.90 Å². The maximum Gasteiger partial charge on any atom is 0.200 e. The van der Waals surface area contributed by atoms with Gasteiger partial charge >= 0.3 is 0 Å². The molecule has 0 spiro atoms. The number of rotatable bonds is 9. The molecule has 0 fully saturated rings. The number of benzene rings is 8. The summed E-state index contributed by atoms with van der Waals surface area (Å²) in [5.74, 6) is -71.4. The Hall–Kier alpha value is -6.80. The standard InChI is InChI=1S/C25H21PS.C24BF20/c27-25-18-16-21(17-19-25)20-26(22-10-4-1-5-11-22,23-12-6-2-7-13-23)24-14-8-3-9-15-24;26-5-1(6(27)14(35)21(42)13(5)34)25(2-7(28)15(36)22(43)16(37)8(2)29,3-9(30)17(38)23(44)18(39)10(3)31)4-11(32)19(40)24(45)20(41)12(4)33/h1-19H,20H2;/q;-1/p+1. The Bertz CT molecular complexity index is 2900. The van der Waals surface area contributed by atoms with Gasteiger partial charge in [0.15, 0.2) is 69.8 Å². The third kappa shape index (κ3) is 8.44. The Kier molecular flexibility index (Phi) is 15.0. The summed E-state index contributed by atoms with van der Waals surface area (Å²) >= 11 is 4.46. The molecule has 0 radical (unpaired) electrons. The minimum Gasteiger partial charge on any atom is -0.207 e. The third-order valence-electron chi connectivity index (χ3n) is 11.7. The van der Waals surface area contributed by atoms with E-state index in [-0.39, 0.29) is 0 Å². The molecule has 0 aromatic heterocycles. The Morgan fingerprint density at radius 1 is 0.264 bits per heavy atom. The summed E-state index contributed by atoms with van der Waals surface area (Å²) in [5.41, 5.74) is -13.0. The van der Waals surface area contributed by atoms with Gasteiger partial charge in [-0.3, -0.25) is 0 Å². The van der Waals surface area contributed by atoms with Gasteiger partial charge in [-0.1, -0.05) is 66.7 Å². The van der Waals surface area contributed by atoms with E-state index in [1.54, 1.807) is 0 Å². The minimum atomic E-state index is -7.22. The molecule has 0 saturated heterocycles. The van der Waals surface area contributed by atoms with Crippen molar-refractivity contribution >= 4 is 63.8 Å². The second-order valence-electron chi connectivity index (χ2n) is 15.4. The molecule has 0 heterocycles. The van der Waals surface area contributed by atoms with Crippen LogP contribution in [0.5, 0.6) is 0 Å². The third-order valence-corrected chi connectivity index (χ3v) is 16.3. The summed E-state index contributed by atoms with van der Waals surface area (Å²) in [5, 5.41) is 4.24. The highest BCUT2D eigenvalue weighted by Gasteiger charge is 2.52. The highest BCUT2D eigenvalue weighted by atomic mass is 32.1. The Morgan fingerprint density at radius 2 is 0.458 bits per heavy atom. The van der Waals surface area contributed by atoms with E-state index in [2.05, 4.69) is 128 Å². The van der Waals surface area contributed by atoms with E-state index in [0.717, 1.165) is 11.1 Å². The Balaban J connectivity index is 0.000000238. The number of halogens is 20. The first-order valence-electron chi connectivity index (χ1n) is 20.1. The van der Waals surface area contributed by atoms with E-state index in [9.17, 15) is 52.7 Å². The molecule has 0 amide bonds. The molecule has 8 rings (SSSR count). The average Bonchev–Trinajstić information content (AvgIpc) is 3.39. The Morgan fingerprint density at radius 3 is 0.667 bits per heavy atom. The van der Waals surface area contributed by atoms with Crippen molar-refractivity contribution in [3.8, 4) is 0 Å². The van der Waals surface area contributed by atoms with Crippen molar-refractivity contribution in [3.05, 3.63) is 237 Å². The van der Waals surface area contributed by atoms with E-state index >= 15 is 35.1 Å². The van der Waals surface area contributed by atoms with Crippen LogP contribution >= 0.6 is 19.9 Å². The molecule has 0 saturated carbocycles. The van der Waals surface area contributed by atoms with Crippen molar-refractivity contribution < 1.29 is 87.8 Å². The fraction of sp³-hybridized carbons (Fsp3) is 0.0204. The molecular weight excluding hydrogens is 1040 g/mol. The van der Waals surface area contributed by atoms with Gasteiger partial charge in [0.2, 0.25) is 0 Å². The zero-order chi connectivity index (χ0) is 52.9. The summed E-state index contributed by atoms with van der Waals surface area (Å²) in [4.78, 5) is 1.00. The van der Waals surface area contributed by atoms with Gasteiger partial charge in [-0.25, -0.2) is 87.8 Å². The van der Waals surface area contributed by atoms with Crippen molar-refractivity contribution in [1.82, 2.24) is 0 Å². The van der Waals surface area contributed by atoms with Crippen LogP contribution in [0.1, 0.15) is 5.56 Å². The number of hydrogen-bond acceptors (Lipinski definition) is 1. The molecule has 8 aromatic carbocycles. The van der Waals surface area contributed by atoms with Crippen LogP contribution in [0, 0.1) is 116 Å². The zero-order valence-electron chi connectivity index (χ0n) is 35.2. The fourth-order valence-corrected chi connectivity index (χ4v) is 12.9. The smallest absolute Gasteiger partial charge is 0.200 e. The molecule has 0 nitrogen and oxygen atoms in total. The second kappa shape index (κ2) is 20.4. The summed E-state index contributed by atoms with van der Waals surface area (Å²) in [6.45, 7) is 0. The van der Waals surface area contributed by atoms with Gasteiger partial charge in [-0.15, -0.1) is 34.5 Å². The normalized spacial score (nSPS) is 11.7. The molecule has 0 N–H and O–H groups in total. The van der Waals surface area contributed by atoms with Gasteiger partial charge in [0.05, 0.1) is 6.16 Å². The van der Waals surface area contributed by atoms with Gasteiger partial charge in [0.1, 0.15) is 75.9 Å². The van der Waals surface area contributed by atoms with E-state index in [1.165, 1.54) is 21.5 Å². The lowest BCUT2D eigenvalue weighted by atomic mass is 9.12. The maximum atomic E-state index is 15.4. The highest BCUT2D eigenvalue weighted by Crippen LogP contribution is 2.58. The molecule has 372 valence electrons. The monoisotopic (exact) mass is 1060 g/mol. The first-order chi connectivity index (χ1) is 34.0. The van der Waals surface area contributed by atoms with E-state index in [0.29, 0.717) is 0 Å². The van der Waals surface area contributed by atoms with E-state index in [4.69, 9.17) is 0 Å². The molecule has 8 aromatic rings. The van der Waals surface area contributed by atoms with Crippen molar-refractivity contribution in [2.24, 2.45) is 0 Å². The summed E-state index contributed by atoms with van der Waals surface area (Å²) < 4.78 is 294. The Labute approximate surface area is 398 Å².